The molecule has 0 fully saturated rings. The minimum Gasteiger partial charge on any atom is -0.198 e. The van der Waals surface area contributed by atoms with Gasteiger partial charge in [0.1, 0.15) is 0 Å². The largest absolute Gasteiger partial charge is 0.300 e. The topological polar surface area (TPSA) is 77.7 Å². The maximum Gasteiger partial charge on any atom is 0.300 e. The van der Waals surface area contributed by atoms with Gasteiger partial charge in [-0.15, -0.1) is 10.2 Å². The molecule has 106 valence electrons. The third-order valence-corrected chi connectivity index (χ3v) is 4.41. The monoisotopic (exact) mass is 300 g/mol. The quantitative estimate of drug-likeness (QED) is 0.738. The number of hydrogen-bond donors (Lipinski definition) is 0. The van der Waals surface area contributed by atoms with E-state index in [1.165, 1.54) is 12.1 Å². The van der Waals surface area contributed by atoms with Crippen LogP contribution in [-0.2, 0) is 10.0 Å². The summed E-state index contributed by atoms with van der Waals surface area (Å²) in [7, 11) is -3.81. The molecule has 1 aromatic heterocycles. The Hall–Kier alpha value is -2.54. The van der Waals surface area contributed by atoms with Gasteiger partial charge >= 0.3 is 10.0 Å². The molecular weight excluding hydrogens is 288 g/mol. The Kier molecular flexibility index (Phi) is 3.26. The summed E-state index contributed by atoms with van der Waals surface area (Å²) >= 11 is 0. The molecule has 0 aliphatic heterocycles. The third kappa shape index (κ3) is 2.55. The average Bonchev–Trinajstić information content (AvgIpc) is 2.99. The maximum atomic E-state index is 12.4. The second-order valence-electron chi connectivity index (χ2n) is 4.52. The van der Waals surface area contributed by atoms with E-state index >= 15 is 0 Å². The van der Waals surface area contributed by atoms with Gasteiger partial charge in [-0.1, -0.05) is 48.0 Å². The van der Waals surface area contributed by atoms with E-state index in [0.29, 0.717) is 9.77 Å². The van der Waals surface area contributed by atoms with Gasteiger partial charge in [0, 0.05) is 5.56 Å². The molecule has 0 unspecified atom stereocenters. The first-order valence-electron chi connectivity index (χ1n) is 6.25. The van der Waals surface area contributed by atoms with Crippen LogP contribution in [0.1, 0.15) is 5.56 Å². The standard InChI is InChI=1S/C14H12N4O2S/c1-11-7-9-13(10-8-11)21(19,20)18-16-14(15-17-18)12-5-3-2-4-6-12/h2-10H,1H3. The molecule has 0 aliphatic rings. The lowest BCUT2D eigenvalue weighted by Crippen LogP contribution is -2.16. The number of rotatable bonds is 3. The fourth-order valence-electron chi connectivity index (χ4n) is 1.81. The smallest absolute Gasteiger partial charge is 0.198 e. The van der Waals surface area contributed by atoms with Crippen molar-refractivity contribution in [2.24, 2.45) is 0 Å². The molecular formula is C14H12N4O2S. The molecule has 21 heavy (non-hydrogen) atoms. The van der Waals surface area contributed by atoms with Gasteiger partial charge in [-0.25, -0.2) is 0 Å². The lowest BCUT2D eigenvalue weighted by atomic mass is 10.2. The molecule has 3 rings (SSSR count). The van der Waals surface area contributed by atoms with Gasteiger partial charge < -0.3 is 0 Å². The molecule has 6 nitrogen and oxygen atoms in total. The van der Waals surface area contributed by atoms with Crippen LogP contribution in [0.5, 0.6) is 0 Å². The lowest BCUT2D eigenvalue weighted by Gasteiger charge is -2.01. The van der Waals surface area contributed by atoms with Crippen molar-refractivity contribution in [3.05, 3.63) is 60.2 Å². The molecule has 0 spiro atoms. The van der Waals surface area contributed by atoms with Crippen molar-refractivity contribution >= 4 is 10.0 Å². The first-order chi connectivity index (χ1) is 10.1. The van der Waals surface area contributed by atoms with Gasteiger partial charge in [-0.05, 0) is 28.5 Å². The van der Waals surface area contributed by atoms with Crippen molar-refractivity contribution in [2.45, 2.75) is 11.8 Å². The average molecular weight is 300 g/mol. The molecule has 3 aromatic rings. The molecule has 0 bridgehead atoms. The molecule has 7 heteroatoms. The highest BCUT2D eigenvalue weighted by molar-refractivity contribution is 7.89. The van der Waals surface area contributed by atoms with E-state index in [1.54, 1.807) is 24.3 Å². The minimum absolute atomic E-state index is 0.130. The summed E-state index contributed by atoms with van der Waals surface area (Å²) in [5, 5.41) is 11.4. The molecule has 0 saturated heterocycles. The van der Waals surface area contributed by atoms with Gasteiger partial charge in [0.2, 0.25) is 5.82 Å². The van der Waals surface area contributed by atoms with Crippen LogP contribution in [0.15, 0.2) is 59.5 Å². The van der Waals surface area contributed by atoms with Crippen molar-refractivity contribution in [1.29, 1.82) is 0 Å². The van der Waals surface area contributed by atoms with Crippen LogP contribution in [0.3, 0.4) is 0 Å². The van der Waals surface area contributed by atoms with Gasteiger partial charge in [0.15, 0.2) is 0 Å². The van der Waals surface area contributed by atoms with E-state index in [-0.39, 0.29) is 10.7 Å². The van der Waals surface area contributed by atoms with E-state index < -0.39 is 10.0 Å². The Bertz CT molecular complexity index is 856. The van der Waals surface area contributed by atoms with E-state index in [1.807, 2.05) is 25.1 Å². The summed E-state index contributed by atoms with van der Waals surface area (Å²) in [6.07, 6.45) is 0. The molecule has 0 amide bonds. The molecule has 2 aromatic carbocycles. The SMILES string of the molecule is Cc1ccc(S(=O)(=O)n2nnc(-c3ccccc3)n2)cc1. The fourth-order valence-corrected chi connectivity index (χ4v) is 2.80. The highest BCUT2D eigenvalue weighted by Gasteiger charge is 2.20. The number of nitrogens with zero attached hydrogens (tertiary/aromatic N) is 4. The van der Waals surface area contributed by atoms with Crippen molar-refractivity contribution in [2.75, 3.05) is 0 Å². The van der Waals surface area contributed by atoms with Crippen LogP contribution in [0.2, 0.25) is 0 Å². The predicted octanol–water partition coefficient (Wildman–Crippen LogP) is 1.89. The van der Waals surface area contributed by atoms with Gasteiger partial charge in [0.25, 0.3) is 0 Å². The van der Waals surface area contributed by atoms with Crippen molar-refractivity contribution in [1.82, 2.24) is 19.6 Å². The minimum atomic E-state index is -3.81. The van der Waals surface area contributed by atoms with Crippen LogP contribution < -0.4 is 0 Å². The summed E-state index contributed by atoms with van der Waals surface area (Å²) in [5.41, 5.74) is 1.69. The first kappa shape index (κ1) is 13.4. The third-order valence-electron chi connectivity index (χ3n) is 2.96. The Morgan fingerprint density at radius 3 is 2.29 bits per heavy atom. The van der Waals surface area contributed by atoms with Gasteiger partial charge in [-0.3, -0.25) is 0 Å². The molecule has 0 saturated carbocycles. The molecule has 1 heterocycles. The highest BCUT2D eigenvalue weighted by atomic mass is 32.2. The predicted molar refractivity (Wildman–Crippen MR) is 77.0 cm³/mol. The summed E-state index contributed by atoms with van der Waals surface area (Å²) in [6, 6.07) is 15.6. The number of benzene rings is 2. The Labute approximate surface area is 122 Å². The zero-order chi connectivity index (χ0) is 14.9. The zero-order valence-corrected chi connectivity index (χ0v) is 12.0. The molecule has 0 radical (unpaired) electrons. The first-order valence-corrected chi connectivity index (χ1v) is 7.69. The summed E-state index contributed by atoms with van der Waals surface area (Å²) in [4.78, 5) is 0.130. The Morgan fingerprint density at radius 2 is 1.62 bits per heavy atom. The fraction of sp³-hybridized carbons (Fsp3) is 0.0714. The summed E-state index contributed by atoms with van der Waals surface area (Å²) in [5.74, 6) is 0.270. The number of hydrogen-bond acceptors (Lipinski definition) is 5. The summed E-state index contributed by atoms with van der Waals surface area (Å²) in [6.45, 7) is 1.89. The van der Waals surface area contributed by atoms with Gasteiger partial charge in [0.05, 0.1) is 4.90 Å². The number of aromatic nitrogens is 4. The van der Waals surface area contributed by atoms with E-state index in [2.05, 4.69) is 15.4 Å². The molecule has 0 aliphatic carbocycles. The van der Waals surface area contributed by atoms with Crippen LogP contribution in [0.4, 0.5) is 0 Å². The number of tetrazole rings is 1. The van der Waals surface area contributed by atoms with Crippen LogP contribution in [-0.4, -0.2) is 28.0 Å². The van der Waals surface area contributed by atoms with Crippen LogP contribution >= 0.6 is 0 Å². The van der Waals surface area contributed by atoms with E-state index in [4.69, 9.17) is 0 Å². The van der Waals surface area contributed by atoms with Crippen molar-refractivity contribution in [3.8, 4) is 11.4 Å². The second-order valence-corrected chi connectivity index (χ2v) is 6.27. The van der Waals surface area contributed by atoms with E-state index in [9.17, 15) is 8.42 Å². The van der Waals surface area contributed by atoms with Crippen molar-refractivity contribution in [3.63, 3.8) is 0 Å². The number of aryl methyl sites for hydroxylation is 1. The van der Waals surface area contributed by atoms with Crippen LogP contribution in [0, 0.1) is 6.92 Å². The van der Waals surface area contributed by atoms with Crippen molar-refractivity contribution < 1.29 is 8.42 Å². The maximum absolute atomic E-state index is 12.4. The summed E-state index contributed by atoms with van der Waals surface area (Å²) < 4.78 is 25.4. The zero-order valence-electron chi connectivity index (χ0n) is 11.2. The molecule has 0 N–H and O–H groups in total. The van der Waals surface area contributed by atoms with Gasteiger partial charge in [-0.2, -0.15) is 8.42 Å². The second kappa shape index (κ2) is 5.10. The Morgan fingerprint density at radius 1 is 0.952 bits per heavy atom. The highest BCUT2D eigenvalue weighted by Crippen LogP contribution is 2.16. The Balaban J connectivity index is 2.01. The normalized spacial score (nSPS) is 11.5. The lowest BCUT2D eigenvalue weighted by molar-refractivity contribution is 0.566. The van der Waals surface area contributed by atoms with Crippen LogP contribution in [0.25, 0.3) is 11.4 Å². The van der Waals surface area contributed by atoms with E-state index in [0.717, 1.165) is 5.56 Å². The molecule has 0 atom stereocenters.